The number of hydrogen-bond donors (Lipinski definition) is 2. The topological polar surface area (TPSA) is 95.9 Å². The molecule has 0 aromatic carbocycles. The maximum atomic E-state index is 12.0. The highest BCUT2D eigenvalue weighted by Crippen LogP contribution is 2.02. The summed E-state index contributed by atoms with van der Waals surface area (Å²) in [6.07, 6.45) is 0.325. The van der Waals surface area contributed by atoms with E-state index < -0.39 is 18.0 Å². The Bertz CT molecular complexity index is 330. The third kappa shape index (κ3) is 7.28. The molecule has 0 aromatic heterocycles. The van der Waals surface area contributed by atoms with Crippen molar-refractivity contribution in [2.24, 2.45) is 0 Å². The first-order valence-electron chi connectivity index (χ1n) is 6.13. The quantitative estimate of drug-likeness (QED) is 0.670. The molecular formula is C12H22N2O5. The van der Waals surface area contributed by atoms with E-state index in [0.29, 0.717) is 6.42 Å². The third-order valence-corrected chi connectivity index (χ3v) is 2.57. The minimum Gasteiger partial charge on any atom is -0.481 e. The molecular weight excluding hydrogens is 252 g/mol. The largest absolute Gasteiger partial charge is 0.481 e. The number of urea groups is 1. The van der Waals surface area contributed by atoms with Crippen LogP contribution >= 0.6 is 0 Å². The van der Waals surface area contributed by atoms with Gasteiger partial charge in [0.15, 0.2) is 0 Å². The number of amides is 2. The fourth-order valence-corrected chi connectivity index (χ4v) is 1.40. The summed E-state index contributed by atoms with van der Waals surface area (Å²) in [5.74, 6) is -1.40. The molecule has 0 saturated carbocycles. The molecule has 2 amide bonds. The molecule has 1 atom stereocenters. The van der Waals surface area contributed by atoms with Crippen LogP contribution in [0.25, 0.3) is 0 Å². The summed E-state index contributed by atoms with van der Waals surface area (Å²) in [4.78, 5) is 34.9. The Morgan fingerprint density at radius 1 is 1.26 bits per heavy atom. The fourth-order valence-electron chi connectivity index (χ4n) is 1.40. The first-order valence-corrected chi connectivity index (χ1v) is 6.13. The van der Waals surface area contributed by atoms with Gasteiger partial charge in [0.1, 0.15) is 6.54 Å². The Labute approximate surface area is 112 Å². The lowest BCUT2D eigenvalue weighted by molar-refractivity contribution is -0.141. The van der Waals surface area contributed by atoms with Gasteiger partial charge in [0.05, 0.1) is 7.11 Å². The van der Waals surface area contributed by atoms with Gasteiger partial charge >= 0.3 is 18.0 Å². The van der Waals surface area contributed by atoms with Crippen molar-refractivity contribution in [3.05, 3.63) is 0 Å². The fraction of sp³-hybridized carbons (Fsp3) is 0.750. The van der Waals surface area contributed by atoms with E-state index in [4.69, 9.17) is 5.11 Å². The van der Waals surface area contributed by atoms with E-state index in [2.05, 4.69) is 10.1 Å². The van der Waals surface area contributed by atoms with Crippen molar-refractivity contribution in [1.82, 2.24) is 10.2 Å². The van der Waals surface area contributed by atoms with E-state index in [-0.39, 0.29) is 25.0 Å². The molecule has 1 unspecified atom stereocenters. The Morgan fingerprint density at radius 3 is 2.26 bits per heavy atom. The molecule has 19 heavy (non-hydrogen) atoms. The van der Waals surface area contributed by atoms with E-state index in [0.717, 1.165) is 0 Å². The predicted octanol–water partition coefficient (Wildman–Crippen LogP) is 0.833. The number of hydrogen-bond acceptors (Lipinski definition) is 4. The Balaban J connectivity index is 4.39. The zero-order valence-electron chi connectivity index (χ0n) is 11.8. The summed E-state index contributed by atoms with van der Waals surface area (Å²) >= 11 is 0. The van der Waals surface area contributed by atoms with E-state index in [1.165, 1.54) is 12.0 Å². The second-order valence-electron chi connectivity index (χ2n) is 4.58. The van der Waals surface area contributed by atoms with Crippen LogP contribution in [0.5, 0.6) is 0 Å². The number of nitrogens with one attached hydrogen (secondary N) is 1. The van der Waals surface area contributed by atoms with Crippen LogP contribution in [0.2, 0.25) is 0 Å². The zero-order chi connectivity index (χ0) is 15.0. The molecule has 7 nitrogen and oxygen atoms in total. The normalized spacial score (nSPS) is 11.8. The van der Waals surface area contributed by atoms with E-state index in [1.807, 2.05) is 0 Å². The molecule has 0 spiro atoms. The highest BCUT2D eigenvalue weighted by atomic mass is 16.5. The monoisotopic (exact) mass is 274 g/mol. The zero-order valence-corrected chi connectivity index (χ0v) is 11.8. The van der Waals surface area contributed by atoms with Gasteiger partial charge < -0.3 is 20.1 Å². The van der Waals surface area contributed by atoms with E-state index >= 15 is 0 Å². The van der Waals surface area contributed by atoms with Crippen molar-refractivity contribution < 1.29 is 24.2 Å². The molecule has 0 rings (SSSR count). The van der Waals surface area contributed by atoms with Crippen molar-refractivity contribution in [1.29, 1.82) is 0 Å². The maximum absolute atomic E-state index is 12.0. The van der Waals surface area contributed by atoms with Gasteiger partial charge in [-0.2, -0.15) is 0 Å². The van der Waals surface area contributed by atoms with Gasteiger partial charge in [-0.1, -0.05) is 0 Å². The molecule has 0 aliphatic rings. The SMILES string of the molecule is COC(=O)CN(C(=O)NC(C)CCC(=O)O)C(C)C. The Hall–Kier alpha value is -1.79. The Morgan fingerprint density at radius 2 is 1.84 bits per heavy atom. The van der Waals surface area contributed by atoms with Crippen LogP contribution in [0.1, 0.15) is 33.6 Å². The number of carboxylic acids is 1. The van der Waals surface area contributed by atoms with Gasteiger partial charge in [-0.15, -0.1) is 0 Å². The molecule has 0 heterocycles. The number of carbonyl (C=O) groups excluding carboxylic acids is 2. The number of methoxy groups -OCH3 is 1. The van der Waals surface area contributed by atoms with Gasteiger partial charge in [0.25, 0.3) is 0 Å². The predicted molar refractivity (Wildman–Crippen MR) is 68.7 cm³/mol. The number of rotatable bonds is 7. The smallest absolute Gasteiger partial charge is 0.325 e. The van der Waals surface area contributed by atoms with Crippen molar-refractivity contribution >= 4 is 18.0 Å². The Kier molecular flexibility index (Phi) is 7.55. The standard InChI is InChI=1S/C12H22N2O5/c1-8(2)14(7-11(17)19-4)12(18)13-9(3)5-6-10(15)16/h8-9H,5-7H2,1-4H3,(H,13,18)(H,15,16). The minimum atomic E-state index is -0.906. The van der Waals surface area contributed by atoms with Crippen molar-refractivity contribution in [3.8, 4) is 0 Å². The molecule has 0 fully saturated rings. The van der Waals surface area contributed by atoms with E-state index in [9.17, 15) is 14.4 Å². The van der Waals surface area contributed by atoms with Gasteiger partial charge in [-0.25, -0.2) is 4.79 Å². The number of ether oxygens (including phenoxy) is 1. The van der Waals surface area contributed by atoms with Crippen LogP contribution in [-0.4, -0.2) is 53.7 Å². The maximum Gasteiger partial charge on any atom is 0.325 e. The summed E-state index contributed by atoms with van der Waals surface area (Å²) in [7, 11) is 1.26. The van der Waals surface area contributed by atoms with Crippen LogP contribution in [-0.2, 0) is 14.3 Å². The highest BCUT2D eigenvalue weighted by Gasteiger charge is 2.21. The molecule has 0 radical (unpaired) electrons. The van der Waals surface area contributed by atoms with Gasteiger partial charge in [0, 0.05) is 18.5 Å². The lowest BCUT2D eigenvalue weighted by Crippen LogP contribution is -2.49. The van der Waals surface area contributed by atoms with Crippen LogP contribution in [0.3, 0.4) is 0 Å². The number of esters is 1. The molecule has 2 N–H and O–H groups in total. The van der Waals surface area contributed by atoms with Gasteiger partial charge in [0.2, 0.25) is 0 Å². The van der Waals surface area contributed by atoms with Gasteiger partial charge in [-0.3, -0.25) is 9.59 Å². The van der Waals surface area contributed by atoms with Crippen molar-refractivity contribution in [3.63, 3.8) is 0 Å². The second kappa shape index (κ2) is 8.34. The van der Waals surface area contributed by atoms with Crippen molar-refractivity contribution in [2.45, 2.75) is 45.7 Å². The second-order valence-corrected chi connectivity index (χ2v) is 4.58. The number of carboxylic acid groups (broad SMARTS) is 1. The van der Waals surface area contributed by atoms with Crippen LogP contribution < -0.4 is 5.32 Å². The average Bonchev–Trinajstić information content (AvgIpc) is 2.32. The van der Waals surface area contributed by atoms with Crippen molar-refractivity contribution in [2.75, 3.05) is 13.7 Å². The summed E-state index contributed by atoms with van der Waals surface area (Å²) < 4.78 is 4.53. The summed E-state index contributed by atoms with van der Waals surface area (Å²) in [5.41, 5.74) is 0. The molecule has 7 heteroatoms. The third-order valence-electron chi connectivity index (χ3n) is 2.57. The number of carbonyl (C=O) groups is 3. The summed E-state index contributed by atoms with van der Waals surface area (Å²) in [6, 6.07) is -0.841. The first-order chi connectivity index (χ1) is 8.77. The van der Waals surface area contributed by atoms with Crippen LogP contribution in [0.15, 0.2) is 0 Å². The first kappa shape index (κ1) is 17.2. The molecule has 0 aromatic rings. The van der Waals surface area contributed by atoms with E-state index in [1.54, 1.807) is 20.8 Å². The molecule has 0 saturated heterocycles. The van der Waals surface area contributed by atoms with Crippen LogP contribution in [0, 0.1) is 0 Å². The summed E-state index contributed by atoms with van der Waals surface area (Å²) in [5, 5.41) is 11.2. The number of aliphatic carboxylic acids is 1. The molecule has 0 aliphatic carbocycles. The number of nitrogens with zero attached hydrogens (tertiary/aromatic N) is 1. The minimum absolute atomic E-state index is 0.0138. The highest BCUT2D eigenvalue weighted by molar-refractivity contribution is 5.81. The molecule has 110 valence electrons. The van der Waals surface area contributed by atoms with Gasteiger partial charge in [-0.05, 0) is 27.2 Å². The van der Waals surface area contributed by atoms with Crippen LogP contribution in [0.4, 0.5) is 4.79 Å². The lowest BCUT2D eigenvalue weighted by Gasteiger charge is -2.27. The average molecular weight is 274 g/mol. The summed E-state index contributed by atoms with van der Waals surface area (Å²) in [6.45, 7) is 5.15. The lowest BCUT2D eigenvalue weighted by atomic mass is 10.2. The molecule has 0 aliphatic heterocycles. The molecule has 0 bridgehead atoms.